The van der Waals surface area contributed by atoms with E-state index in [0.717, 1.165) is 5.75 Å². The summed E-state index contributed by atoms with van der Waals surface area (Å²) in [5.74, 6) is 1.72. The van der Waals surface area contributed by atoms with Gasteiger partial charge in [0.2, 0.25) is 5.91 Å². The topological polar surface area (TPSA) is 56.8 Å². The second kappa shape index (κ2) is 7.24. The van der Waals surface area contributed by atoms with Crippen LogP contribution in [0.25, 0.3) is 0 Å². The first kappa shape index (κ1) is 15.5. The van der Waals surface area contributed by atoms with Crippen molar-refractivity contribution in [3.8, 4) is 17.2 Å². The zero-order chi connectivity index (χ0) is 16.1. The quantitative estimate of drug-likeness (QED) is 0.909. The third-order valence-electron chi connectivity index (χ3n) is 3.25. The Morgan fingerprint density at radius 2 is 1.83 bits per heavy atom. The lowest BCUT2D eigenvalue weighted by Gasteiger charge is -2.20. The highest BCUT2D eigenvalue weighted by Crippen LogP contribution is 2.37. The molecule has 0 unspecified atom stereocenters. The predicted molar refractivity (Wildman–Crippen MR) is 87.6 cm³/mol. The molecule has 1 aliphatic rings. The Morgan fingerprint density at radius 1 is 1.13 bits per heavy atom. The summed E-state index contributed by atoms with van der Waals surface area (Å²) >= 11 is 6.15. The minimum Gasteiger partial charge on any atom is -0.493 e. The highest BCUT2D eigenvalue weighted by Gasteiger charge is 2.16. The van der Waals surface area contributed by atoms with E-state index in [2.05, 4.69) is 5.32 Å². The summed E-state index contributed by atoms with van der Waals surface area (Å²) in [6.45, 7) is 1.26. The lowest BCUT2D eigenvalue weighted by Crippen LogP contribution is -2.18. The van der Waals surface area contributed by atoms with Crippen LogP contribution in [-0.2, 0) is 4.79 Å². The van der Waals surface area contributed by atoms with Crippen molar-refractivity contribution in [3.63, 3.8) is 0 Å². The van der Waals surface area contributed by atoms with Gasteiger partial charge in [-0.3, -0.25) is 4.79 Å². The van der Waals surface area contributed by atoms with Crippen molar-refractivity contribution < 1.29 is 19.0 Å². The summed E-state index contributed by atoms with van der Waals surface area (Å²) in [7, 11) is 0. The van der Waals surface area contributed by atoms with Gasteiger partial charge in [0.1, 0.15) is 19.0 Å². The Bertz CT molecular complexity index is 690. The minimum atomic E-state index is -0.181. The molecule has 1 heterocycles. The summed E-state index contributed by atoms with van der Waals surface area (Å²) < 4.78 is 16.4. The predicted octanol–water partition coefficient (Wildman–Crippen LogP) is 3.52. The van der Waals surface area contributed by atoms with Crippen LogP contribution in [0.1, 0.15) is 6.42 Å². The van der Waals surface area contributed by atoms with E-state index in [9.17, 15) is 4.79 Å². The Morgan fingerprint density at radius 3 is 2.57 bits per heavy atom. The SMILES string of the molecule is O=C(CCOc1ccccc1)Nc1cc2c(cc1Cl)OCCO2. The molecule has 6 heteroatoms. The molecule has 5 nitrogen and oxygen atoms in total. The van der Waals surface area contributed by atoms with Crippen LogP contribution in [0.2, 0.25) is 5.02 Å². The lowest BCUT2D eigenvalue weighted by molar-refractivity contribution is -0.116. The number of hydrogen-bond acceptors (Lipinski definition) is 4. The molecule has 0 aliphatic carbocycles. The van der Waals surface area contributed by atoms with E-state index in [1.54, 1.807) is 12.1 Å². The molecular weight excluding hydrogens is 318 g/mol. The molecule has 0 fully saturated rings. The first-order valence-corrected chi connectivity index (χ1v) is 7.67. The van der Waals surface area contributed by atoms with Gasteiger partial charge in [0.25, 0.3) is 0 Å². The fraction of sp³-hybridized carbons (Fsp3) is 0.235. The van der Waals surface area contributed by atoms with E-state index in [0.29, 0.717) is 35.4 Å². The molecule has 0 bridgehead atoms. The maximum Gasteiger partial charge on any atom is 0.227 e. The average Bonchev–Trinajstić information content (AvgIpc) is 2.56. The van der Waals surface area contributed by atoms with Gasteiger partial charge in [-0.05, 0) is 12.1 Å². The molecule has 23 heavy (non-hydrogen) atoms. The van der Waals surface area contributed by atoms with Crippen LogP contribution in [-0.4, -0.2) is 25.7 Å². The highest BCUT2D eigenvalue weighted by atomic mass is 35.5. The molecule has 1 N–H and O–H groups in total. The van der Waals surface area contributed by atoms with Crippen LogP contribution in [0.4, 0.5) is 5.69 Å². The summed E-state index contributed by atoms with van der Waals surface area (Å²) in [6.07, 6.45) is 0.222. The summed E-state index contributed by atoms with van der Waals surface area (Å²) in [5.41, 5.74) is 0.501. The lowest BCUT2D eigenvalue weighted by atomic mass is 10.2. The van der Waals surface area contributed by atoms with Crippen molar-refractivity contribution in [3.05, 3.63) is 47.5 Å². The largest absolute Gasteiger partial charge is 0.493 e. The number of carbonyl (C=O) groups is 1. The monoisotopic (exact) mass is 333 g/mol. The van der Waals surface area contributed by atoms with Gasteiger partial charge in [-0.1, -0.05) is 29.8 Å². The van der Waals surface area contributed by atoms with Gasteiger partial charge in [0.05, 0.1) is 23.7 Å². The summed E-state index contributed by atoms with van der Waals surface area (Å²) in [5, 5.41) is 3.17. The molecule has 0 saturated heterocycles. The highest BCUT2D eigenvalue weighted by molar-refractivity contribution is 6.34. The van der Waals surface area contributed by atoms with Crippen LogP contribution in [0.15, 0.2) is 42.5 Å². The van der Waals surface area contributed by atoms with Crippen molar-refractivity contribution in [2.24, 2.45) is 0 Å². The van der Waals surface area contributed by atoms with Crippen molar-refractivity contribution in [2.75, 3.05) is 25.1 Å². The van der Waals surface area contributed by atoms with E-state index in [1.807, 2.05) is 30.3 Å². The third-order valence-corrected chi connectivity index (χ3v) is 3.56. The van der Waals surface area contributed by atoms with Crippen LogP contribution in [0.3, 0.4) is 0 Å². The van der Waals surface area contributed by atoms with Gasteiger partial charge in [-0.15, -0.1) is 0 Å². The molecule has 3 rings (SSSR count). The molecule has 1 amide bonds. The van der Waals surface area contributed by atoms with Crippen molar-refractivity contribution in [1.82, 2.24) is 0 Å². The zero-order valence-corrected chi connectivity index (χ0v) is 13.1. The van der Waals surface area contributed by atoms with Crippen LogP contribution in [0.5, 0.6) is 17.2 Å². The molecular formula is C17H16ClNO4. The Labute approximate surface area is 139 Å². The Balaban J connectivity index is 1.55. The van der Waals surface area contributed by atoms with Gasteiger partial charge in [0.15, 0.2) is 11.5 Å². The van der Waals surface area contributed by atoms with E-state index in [4.69, 9.17) is 25.8 Å². The smallest absolute Gasteiger partial charge is 0.227 e. The maximum atomic E-state index is 12.0. The van der Waals surface area contributed by atoms with Crippen LogP contribution in [0, 0.1) is 0 Å². The number of nitrogens with one attached hydrogen (secondary N) is 1. The Hall–Kier alpha value is -2.40. The number of para-hydroxylation sites is 1. The second-order valence-corrected chi connectivity index (χ2v) is 5.34. The van der Waals surface area contributed by atoms with Crippen molar-refractivity contribution >= 4 is 23.2 Å². The van der Waals surface area contributed by atoms with E-state index in [-0.39, 0.29) is 18.9 Å². The van der Waals surface area contributed by atoms with Gasteiger partial charge in [-0.2, -0.15) is 0 Å². The fourth-order valence-corrected chi connectivity index (χ4v) is 2.35. The molecule has 0 aromatic heterocycles. The molecule has 0 spiro atoms. The number of rotatable bonds is 5. The van der Waals surface area contributed by atoms with E-state index in [1.165, 1.54) is 0 Å². The first-order valence-electron chi connectivity index (χ1n) is 7.29. The summed E-state index contributed by atoms with van der Waals surface area (Å²) in [6, 6.07) is 12.7. The number of hydrogen-bond donors (Lipinski definition) is 1. The van der Waals surface area contributed by atoms with E-state index >= 15 is 0 Å². The number of amides is 1. The van der Waals surface area contributed by atoms with Gasteiger partial charge < -0.3 is 19.5 Å². The molecule has 120 valence electrons. The normalized spacial score (nSPS) is 12.6. The second-order valence-electron chi connectivity index (χ2n) is 4.94. The molecule has 1 aliphatic heterocycles. The number of anilines is 1. The molecule has 0 radical (unpaired) electrons. The number of halogens is 1. The number of ether oxygens (including phenoxy) is 3. The minimum absolute atomic E-state index is 0.181. The standard InChI is InChI=1S/C17H16ClNO4/c18-13-10-15-16(23-9-8-22-15)11-14(13)19-17(20)6-7-21-12-4-2-1-3-5-12/h1-5,10-11H,6-9H2,(H,19,20). The van der Waals surface area contributed by atoms with Crippen LogP contribution >= 0.6 is 11.6 Å². The molecule has 2 aromatic rings. The van der Waals surface area contributed by atoms with Gasteiger partial charge in [0, 0.05) is 12.1 Å². The number of benzene rings is 2. The fourth-order valence-electron chi connectivity index (χ4n) is 2.15. The number of carbonyl (C=O) groups excluding carboxylic acids is 1. The summed E-state index contributed by atoms with van der Waals surface area (Å²) in [4.78, 5) is 12.0. The third kappa shape index (κ3) is 4.07. The van der Waals surface area contributed by atoms with Crippen LogP contribution < -0.4 is 19.5 Å². The molecule has 2 aromatic carbocycles. The zero-order valence-electron chi connectivity index (χ0n) is 12.4. The average molecular weight is 334 g/mol. The maximum absolute atomic E-state index is 12.0. The van der Waals surface area contributed by atoms with Crippen molar-refractivity contribution in [2.45, 2.75) is 6.42 Å². The van der Waals surface area contributed by atoms with E-state index < -0.39 is 0 Å². The Kier molecular flexibility index (Phi) is 4.88. The van der Waals surface area contributed by atoms with Gasteiger partial charge >= 0.3 is 0 Å². The van der Waals surface area contributed by atoms with Gasteiger partial charge in [-0.25, -0.2) is 0 Å². The number of fused-ring (bicyclic) bond motifs is 1. The molecule has 0 atom stereocenters. The van der Waals surface area contributed by atoms with Crippen molar-refractivity contribution in [1.29, 1.82) is 0 Å². The first-order chi connectivity index (χ1) is 11.2. The molecule has 0 saturated carbocycles.